The van der Waals surface area contributed by atoms with Gasteiger partial charge in [0.15, 0.2) is 0 Å². The van der Waals surface area contributed by atoms with Crippen LogP contribution in [0.25, 0.3) is 0 Å². The molecule has 0 aliphatic heterocycles. The maximum Gasteiger partial charge on any atom is 0.306 e. The first-order valence-corrected chi connectivity index (χ1v) is 7.30. The average Bonchev–Trinajstić information content (AvgIpc) is 2.52. The molecule has 1 aromatic carbocycles. The smallest absolute Gasteiger partial charge is 0.306 e. The fourth-order valence-electron chi connectivity index (χ4n) is 1.81. The number of amides is 2. The minimum Gasteiger partial charge on any atom is -0.466 e. The van der Waals surface area contributed by atoms with Crippen LogP contribution in [0.4, 0.5) is 5.69 Å². The van der Waals surface area contributed by atoms with Gasteiger partial charge >= 0.3 is 5.97 Å². The second-order valence-corrected chi connectivity index (χ2v) is 4.72. The summed E-state index contributed by atoms with van der Waals surface area (Å²) in [4.78, 5) is 34.0. The summed E-state index contributed by atoms with van der Waals surface area (Å²) in [7, 11) is 1.61. The number of carbonyl (C=O) groups is 3. The summed E-state index contributed by atoms with van der Waals surface area (Å²) in [5, 5.41) is 5.29. The van der Waals surface area contributed by atoms with Gasteiger partial charge in [0, 0.05) is 25.6 Å². The molecule has 0 radical (unpaired) electrons. The van der Waals surface area contributed by atoms with Crippen LogP contribution >= 0.6 is 0 Å². The summed E-state index contributed by atoms with van der Waals surface area (Å²) >= 11 is 0. The van der Waals surface area contributed by atoms with Crippen LogP contribution in [0, 0.1) is 0 Å². The Kier molecular flexibility index (Phi) is 7.67. The molecule has 0 fully saturated rings. The van der Waals surface area contributed by atoms with E-state index in [0.717, 1.165) is 5.56 Å². The van der Waals surface area contributed by atoms with Crippen molar-refractivity contribution in [1.29, 1.82) is 0 Å². The first kappa shape index (κ1) is 17.7. The average molecular weight is 306 g/mol. The van der Waals surface area contributed by atoms with E-state index < -0.39 is 0 Å². The fourth-order valence-corrected chi connectivity index (χ4v) is 1.81. The highest BCUT2D eigenvalue weighted by atomic mass is 16.5. The number of carbonyl (C=O) groups excluding carboxylic acids is 3. The standard InChI is InChI=1S/C16H22N2O4/c1-3-22-16(21)11-10-15(20)18-13-7-4-12(5-8-13)6-9-14(19)17-2/h4-5,7-8H,3,6,9-11H2,1-2H3,(H,17,19)(H,18,20). The molecule has 0 saturated carbocycles. The van der Waals surface area contributed by atoms with Crippen LogP contribution in [-0.4, -0.2) is 31.4 Å². The summed E-state index contributed by atoms with van der Waals surface area (Å²) in [6.45, 7) is 2.04. The Morgan fingerprint density at radius 3 is 2.27 bits per heavy atom. The van der Waals surface area contributed by atoms with Crippen molar-refractivity contribution in [2.24, 2.45) is 0 Å². The van der Waals surface area contributed by atoms with Crippen LogP contribution in [0.1, 0.15) is 31.7 Å². The fraction of sp³-hybridized carbons (Fsp3) is 0.438. The van der Waals surface area contributed by atoms with Gasteiger partial charge in [-0.3, -0.25) is 14.4 Å². The molecule has 0 aromatic heterocycles. The van der Waals surface area contributed by atoms with Crippen LogP contribution < -0.4 is 10.6 Å². The molecule has 1 aromatic rings. The quantitative estimate of drug-likeness (QED) is 0.715. The molecule has 0 atom stereocenters. The van der Waals surface area contributed by atoms with E-state index >= 15 is 0 Å². The highest BCUT2D eigenvalue weighted by Crippen LogP contribution is 2.12. The molecule has 0 spiro atoms. The molecular weight excluding hydrogens is 284 g/mol. The van der Waals surface area contributed by atoms with Crippen LogP contribution in [0.2, 0.25) is 0 Å². The predicted octanol–water partition coefficient (Wildman–Crippen LogP) is 1.65. The summed E-state index contributed by atoms with van der Waals surface area (Å²) in [6.07, 6.45) is 1.25. The van der Waals surface area contributed by atoms with Crippen molar-refractivity contribution in [3.63, 3.8) is 0 Å². The van der Waals surface area contributed by atoms with Gasteiger partial charge in [0.05, 0.1) is 13.0 Å². The van der Waals surface area contributed by atoms with Gasteiger partial charge in [-0.1, -0.05) is 12.1 Å². The molecule has 6 heteroatoms. The minimum absolute atomic E-state index is 0.00338. The van der Waals surface area contributed by atoms with Crippen LogP contribution in [0.3, 0.4) is 0 Å². The molecule has 6 nitrogen and oxygen atoms in total. The number of hydrogen-bond donors (Lipinski definition) is 2. The first-order valence-electron chi connectivity index (χ1n) is 7.30. The Hall–Kier alpha value is -2.37. The molecule has 120 valence electrons. The molecule has 0 bridgehead atoms. The minimum atomic E-state index is -0.373. The van der Waals surface area contributed by atoms with Gasteiger partial charge in [0.2, 0.25) is 11.8 Å². The molecule has 0 heterocycles. The number of hydrogen-bond acceptors (Lipinski definition) is 4. The molecule has 22 heavy (non-hydrogen) atoms. The molecule has 0 saturated heterocycles. The monoisotopic (exact) mass is 306 g/mol. The van der Waals surface area contributed by atoms with E-state index in [9.17, 15) is 14.4 Å². The van der Waals surface area contributed by atoms with Crippen molar-refractivity contribution in [2.75, 3.05) is 19.0 Å². The van der Waals surface area contributed by atoms with Crippen LogP contribution in [0.5, 0.6) is 0 Å². The Morgan fingerprint density at radius 1 is 1.00 bits per heavy atom. The molecule has 2 N–H and O–H groups in total. The summed E-state index contributed by atoms with van der Waals surface area (Å²) in [6, 6.07) is 7.29. The predicted molar refractivity (Wildman–Crippen MR) is 83.3 cm³/mol. The maximum atomic E-state index is 11.7. The van der Waals surface area contributed by atoms with Gasteiger partial charge in [0.1, 0.15) is 0 Å². The van der Waals surface area contributed by atoms with Gasteiger partial charge in [-0.2, -0.15) is 0 Å². The van der Waals surface area contributed by atoms with Gasteiger partial charge < -0.3 is 15.4 Å². The second-order valence-electron chi connectivity index (χ2n) is 4.72. The van der Waals surface area contributed by atoms with Crippen molar-refractivity contribution in [3.05, 3.63) is 29.8 Å². The second kappa shape index (κ2) is 9.55. The van der Waals surface area contributed by atoms with Gasteiger partial charge in [-0.25, -0.2) is 0 Å². The van der Waals surface area contributed by atoms with Crippen molar-refractivity contribution >= 4 is 23.5 Å². The molecule has 2 amide bonds. The number of ether oxygens (including phenoxy) is 1. The SMILES string of the molecule is CCOC(=O)CCC(=O)Nc1ccc(CCC(=O)NC)cc1. The van der Waals surface area contributed by atoms with E-state index in [1.807, 2.05) is 12.1 Å². The topological polar surface area (TPSA) is 84.5 Å². The maximum absolute atomic E-state index is 11.7. The van der Waals surface area contributed by atoms with Crippen LogP contribution in [-0.2, 0) is 25.5 Å². The number of nitrogens with one attached hydrogen (secondary N) is 2. The zero-order valence-electron chi connectivity index (χ0n) is 13.0. The molecule has 0 unspecified atom stereocenters. The largest absolute Gasteiger partial charge is 0.466 e. The molecule has 1 rings (SSSR count). The van der Waals surface area contributed by atoms with E-state index in [1.165, 1.54) is 0 Å². The third kappa shape index (κ3) is 6.88. The Bertz CT molecular complexity index is 511. The van der Waals surface area contributed by atoms with Gasteiger partial charge in [-0.05, 0) is 31.0 Å². The Labute approximate surface area is 130 Å². The number of rotatable bonds is 8. The lowest BCUT2D eigenvalue weighted by molar-refractivity contribution is -0.144. The molecule has 0 aliphatic rings. The highest BCUT2D eigenvalue weighted by molar-refractivity contribution is 5.92. The lowest BCUT2D eigenvalue weighted by Crippen LogP contribution is -2.18. The Balaban J connectivity index is 2.38. The van der Waals surface area contributed by atoms with Crippen molar-refractivity contribution < 1.29 is 19.1 Å². The zero-order chi connectivity index (χ0) is 16.4. The number of aryl methyl sites for hydroxylation is 1. The number of esters is 1. The van der Waals surface area contributed by atoms with Crippen molar-refractivity contribution in [3.8, 4) is 0 Å². The summed E-state index contributed by atoms with van der Waals surface area (Å²) in [5.41, 5.74) is 1.69. The van der Waals surface area contributed by atoms with Crippen molar-refractivity contribution in [2.45, 2.75) is 32.6 Å². The number of anilines is 1. The number of benzene rings is 1. The van der Waals surface area contributed by atoms with E-state index in [1.54, 1.807) is 26.1 Å². The van der Waals surface area contributed by atoms with Gasteiger partial charge in [-0.15, -0.1) is 0 Å². The van der Waals surface area contributed by atoms with Gasteiger partial charge in [0.25, 0.3) is 0 Å². The van der Waals surface area contributed by atoms with Crippen LogP contribution in [0.15, 0.2) is 24.3 Å². The summed E-state index contributed by atoms with van der Waals surface area (Å²) in [5.74, 6) is -0.607. The third-order valence-corrected chi connectivity index (χ3v) is 3.02. The lowest BCUT2D eigenvalue weighted by atomic mass is 10.1. The normalized spacial score (nSPS) is 9.91. The van der Waals surface area contributed by atoms with E-state index in [0.29, 0.717) is 25.1 Å². The Morgan fingerprint density at radius 2 is 1.68 bits per heavy atom. The van der Waals surface area contributed by atoms with E-state index in [-0.39, 0.29) is 30.6 Å². The zero-order valence-corrected chi connectivity index (χ0v) is 13.0. The lowest BCUT2D eigenvalue weighted by Gasteiger charge is -2.06. The molecule has 0 aliphatic carbocycles. The molecular formula is C16H22N2O4. The highest BCUT2D eigenvalue weighted by Gasteiger charge is 2.08. The third-order valence-electron chi connectivity index (χ3n) is 3.02. The first-order chi connectivity index (χ1) is 10.5. The van der Waals surface area contributed by atoms with E-state index in [2.05, 4.69) is 10.6 Å². The van der Waals surface area contributed by atoms with Crippen molar-refractivity contribution in [1.82, 2.24) is 5.32 Å². The summed E-state index contributed by atoms with van der Waals surface area (Å²) < 4.78 is 4.76. The van der Waals surface area contributed by atoms with E-state index in [4.69, 9.17) is 4.74 Å².